The summed E-state index contributed by atoms with van der Waals surface area (Å²) in [4.78, 5) is 15.5. The highest BCUT2D eigenvalue weighted by Gasteiger charge is 2.27. The third kappa shape index (κ3) is 3.35. The van der Waals surface area contributed by atoms with E-state index in [-0.39, 0.29) is 5.91 Å². The quantitative estimate of drug-likeness (QED) is 0.692. The number of carbonyl (C=O) groups is 1. The van der Waals surface area contributed by atoms with Crippen LogP contribution in [0.3, 0.4) is 0 Å². The normalized spacial score (nSPS) is 12.0. The Morgan fingerprint density at radius 1 is 1.08 bits per heavy atom. The summed E-state index contributed by atoms with van der Waals surface area (Å²) in [5.74, 6) is 0.371. The van der Waals surface area contributed by atoms with Gasteiger partial charge in [-0.05, 0) is 35.0 Å². The maximum atomic E-state index is 12.6. The molecule has 24 heavy (non-hydrogen) atoms. The van der Waals surface area contributed by atoms with Gasteiger partial charge in [-0.2, -0.15) is 0 Å². The lowest BCUT2D eigenvalue weighted by Gasteiger charge is -2.19. The molecule has 1 atom stereocenters. The smallest absolute Gasteiger partial charge is 0.253 e. The molecule has 0 aliphatic carbocycles. The SMILES string of the molecule is CN(C)C(=O)[C@H](c1ccccc1)n1nnc(-c2ccc(Br)cc2)n1. The van der Waals surface area contributed by atoms with Crippen molar-refractivity contribution in [3.05, 3.63) is 64.6 Å². The molecule has 0 radical (unpaired) electrons. The molecule has 0 aliphatic rings. The Labute approximate surface area is 148 Å². The summed E-state index contributed by atoms with van der Waals surface area (Å²) in [5.41, 5.74) is 1.66. The number of likely N-dealkylation sites (N-methyl/N-ethyl adjacent to an activating group) is 1. The Morgan fingerprint density at radius 2 is 1.75 bits per heavy atom. The number of hydrogen-bond acceptors (Lipinski definition) is 4. The average Bonchev–Trinajstić information content (AvgIpc) is 3.06. The molecule has 0 unspecified atom stereocenters. The van der Waals surface area contributed by atoms with E-state index in [2.05, 4.69) is 31.3 Å². The molecule has 0 saturated carbocycles. The van der Waals surface area contributed by atoms with Crippen molar-refractivity contribution in [1.82, 2.24) is 25.1 Å². The number of tetrazole rings is 1. The van der Waals surface area contributed by atoms with Gasteiger partial charge in [0.1, 0.15) is 0 Å². The van der Waals surface area contributed by atoms with Gasteiger partial charge >= 0.3 is 0 Å². The fraction of sp³-hybridized carbons (Fsp3) is 0.176. The van der Waals surface area contributed by atoms with Gasteiger partial charge in [0, 0.05) is 24.1 Å². The van der Waals surface area contributed by atoms with E-state index in [1.54, 1.807) is 14.1 Å². The Balaban J connectivity index is 2.00. The third-order valence-corrected chi connectivity index (χ3v) is 4.08. The van der Waals surface area contributed by atoms with Gasteiger partial charge < -0.3 is 4.90 Å². The number of amides is 1. The van der Waals surface area contributed by atoms with Crippen molar-refractivity contribution in [3.63, 3.8) is 0 Å². The minimum Gasteiger partial charge on any atom is -0.347 e. The van der Waals surface area contributed by atoms with Gasteiger partial charge in [-0.15, -0.1) is 15.0 Å². The first kappa shape index (κ1) is 16.3. The number of benzene rings is 2. The van der Waals surface area contributed by atoms with E-state index >= 15 is 0 Å². The van der Waals surface area contributed by atoms with E-state index in [0.717, 1.165) is 15.6 Å². The highest BCUT2D eigenvalue weighted by atomic mass is 79.9. The zero-order valence-corrected chi connectivity index (χ0v) is 14.9. The van der Waals surface area contributed by atoms with Crippen LogP contribution in [0.2, 0.25) is 0 Å². The van der Waals surface area contributed by atoms with E-state index in [4.69, 9.17) is 0 Å². The zero-order valence-electron chi connectivity index (χ0n) is 13.3. The van der Waals surface area contributed by atoms with E-state index in [1.807, 2.05) is 54.6 Å². The van der Waals surface area contributed by atoms with Crippen LogP contribution < -0.4 is 0 Å². The molecule has 122 valence electrons. The topological polar surface area (TPSA) is 63.9 Å². The van der Waals surface area contributed by atoms with Gasteiger partial charge in [0.05, 0.1) is 0 Å². The summed E-state index contributed by atoms with van der Waals surface area (Å²) in [5, 5.41) is 12.6. The Hall–Kier alpha value is -2.54. The number of carbonyl (C=O) groups excluding carboxylic acids is 1. The molecule has 2 aromatic carbocycles. The second-order valence-corrected chi connectivity index (χ2v) is 6.40. The fourth-order valence-corrected chi connectivity index (χ4v) is 2.57. The van der Waals surface area contributed by atoms with Crippen molar-refractivity contribution in [2.45, 2.75) is 6.04 Å². The Morgan fingerprint density at radius 3 is 2.38 bits per heavy atom. The number of rotatable bonds is 4. The monoisotopic (exact) mass is 385 g/mol. The van der Waals surface area contributed by atoms with Gasteiger partial charge in [-0.1, -0.05) is 46.3 Å². The lowest BCUT2D eigenvalue weighted by atomic mass is 10.1. The van der Waals surface area contributed by atoms with Crippen LogP contribution in [0.4, 0.5) is 0 Å². The highest BCUT2D eigenvalue weighted by Crippen LogP contribution is 2.21. The molecule has 0 bridgehead atoms. The zero-order chi connectivity index (χ0) is 17.1. The first-order valence-electron chi connectivity index (χ1n) is 7.38. The van der Waals surface area contributed by atoms with Gasteiger partial charge in [-0.25, -0.2) is 0 Å². The lowest BCUT2D eigenvalue weighted by Crippen LogP contribution is -2.33. The summed E-state index contributed by atoms with van der Waals surface area (Å²) in [7, 11) is 3.43. The molecule has 3 aromatic rings. The third-order valence-electron chi connectivity index (χ3n) is 3.55. The molecule has 6 nitrogen and oxygen atoms in total. The first-order chi connectivity index (χ1) is 11.6. The minimum atomic E-state index is -0.641. The molecular weight excluding hydrogens is 370 g/mol. The lowest BCUT2D eigenvalue weighted by molar-refractivity contribution is -0.131. The fourth-order valence-electron chi connectivity index (χ4n) is 2.30. The van der Waals surface area contributed by atoms with Gasteiger partial charge in [0.15, 0.2) is 6.04 Å². The van der Waals surface area contributed by atoms with Crippen molar-refractivity contribution in [3.8, 4) is 11.4 Å². The largest absolute Gasteiger partial charge is 0.347 e. The Bertz CT molecular complexity index is 830. The van der Waals surface area contributed by atoms with Crippen LogP contribution in [0.5, 0.6) is 0 Å². The molecule has 0 N–H and O–H groups in total. The van der Waals surface area contributed by atoms with Crippen LogP contribution in [0.15, 0.2) is 59.1 Å². The predicted octanol–water partition coefficient (Wildman–Crippen LogP) is 2.78. The molecule has 0 spiro atoms. The predicted molar refractivity (Wildman–Crippen MR) is 94.2 cm³/mol. The summed E-state index contributed by atoms with van der Waals surface area (Å²) >= 11 is 3.40. The average molecular weight is 386 g/mol. The molecule has 7 heteroatoms. The van der Waals surface area contributed by atoms with Crippen molar-refractivity contribution >= 4 is 21.8 Å². The first-order valence-corrected chi connectivity index (χ1v) is 8.17. The summed E-state index contributed by atoms with van der Waals surface area (Å²) < 4.78 is 0.976. The standard InChI is InChI=1S/C17H16BrN5O/c1-22(2)17(24)15(12-6-4-3-5-7-12)23-20-16(19-21-23)13-8-10-14(18)11-9-13/h3-11,15H,1-2H3/t15-/m0/s1. The molecule has 1 aromatic heterocycles. The molecule has 0 aliphatic heterocycles. The summed E-state index contributed by atoms with van der Waals surface area (Å²) in [6, 6.07) is 16.4. The molecule has 0 fully saturated rings. The van der Waals surface area contributed by atoms with Gasteiger partial charge in [-0.3, -0.25) is 4.79 Å². The maximum absolute atomic E-state index is 12.6. The van der Waals surface area contributed by atoms with Crippen molar-refractivity contribution in [1.29, 1.82) is 0 Å². The molecular formula is C17H16BrN5O. The van der Waals surface area contributed by atoms with Crippen LogP contribution in [-0.2, 0) is 4.79 Å². The van der Waals surface area contributed by atoms with E-state index in [1.165, 1.54) is 9.70 Å². The minimum absolute atomic E-state index is 0.110. The van der Waals surface area contributed by atoms with Crippen LogP contribution >= 0.6 is 15.9 Å². The molecule has 1 amide bonds. The van der Waals surface area contributed by atoms with Crippen molar-refractivity contribution in [2.24, 2.45) is 0 Å². The van der Waals surface area contributed by atoms with Gasteiger partial charge in [0.25, 0.3) is 5.91 Å². The summed E-state index contributed by atoms with van der Waals surface area (Å²) in [6.07, 6.45) is 0. The van der Waals surface area contributed by atoms with Crippen LogP contribution in [0.25, 0.3) is 11.4 Å². The highest BCUT2D eigenvalue weighted by molar-refractivity contribution is 9.10. The van der Waals surface area contributed by atoms with Crippen LogP contribution in [0.1, 0.15) is 11.6 Å². The second-order valence-electron chi connectivity index (χ2n) is 5.49. The van der Waals surface area contributed by atoms with Crippen LogP contribution in [0, 0.1) is 0 Å². The van der Waals surface area contributed by atoms with E-state index in [0.29, 0.717) is 5.82 Å². The van der Waals surface area contributed by atoms with Crippen LogP contribution in [-0.4, -0.2) is 45.1 Å². The number of aromatic nitrogens is 4. The second kappa shape index (κ2) is 6.92. The number of nitrogens with zero attached hydrogens (tertiary/aromatic N) is 5. The van der Waals surface area contributed by atoms with Crippen molar-refractivity contribution < 1.29 is 4.79 Å². The molecule has 3 rings (SSSR count). The number of hydrogen-bond donors (Lipinski definition) is 0. The van der Waals surface area contributed by atoms with E-state index in [9.17, 15) is 4.79 Å². The van der Waals surface area contributed by atoms with Gasteiger partial charge in [0.2, 0.25) is 5.82 Å². The molecule has 0 saturated heterocycles. The summed E-state index contributed by atoms with van der Waals surface area (Å²) in [6.45, 7) is 0. The maximum Gasteiger partial charge on any atom is 0.253 e. The van der Waals surface area contributed by atoms with E-state index < -0.39 is 6.04 Å². The van der Waals surface area contributed by atoms with Crippen molar-refractivity contribution in [2.75, 3.05) is 14.1 Å². The molecule has 1 heterocycles. The number of halogens is 1. The Kier molecular flexibility index (Phi) is 4.71.